The maximum atomic E-state index is 13.6. The second kappa shape index (κ2) is 65.2. The van der Waals surface area contributed by atoms with Crippen LogP contribution in [0.5, 0.6) is 5.75 Å². The van der Waals surface area contributed by atoms with Crippen LogP contribution in [0.1, 0.15) is 229 Å². The number of halogens is 3. The average Bonchev–Trinajstić information content (AvgIpc) is 1.27. The zero-order valence-corrected chi connectivity index (χ0v) is 85.9. The number of imide groups is 2. The monoisotopic (exact) mass is 2070 g/mol. The molecule has 15 amide bonds. The highest BCUT2D eigenvalue weighted by molar-refractivity contribution is 6.13. The van der Waals surface area contributed by atoms with Crippen LogP contribution in [0.4, 0.5) is 60.8 Å². The number of carboxylic acid groups (broad SMARTS) is 1. The largest absolute Gasteiger partial charge is 0.514 e. The van der Waals surface area contributed by atoms with E-state index in [1.165, 1.54) is 48.6 Å². The number of aliphatic carboxylic acids is 1. The van der Waals surface area contributed by atoms with Crippen LogP contribution >= 0.6 is 0 Å². The summed E-state index contributed by atoms with van der Waals surface area (Å²) >= 11 is 0. The van der Waals surface area contributed by atoms with Gasteiger partial charge in [0.05, 0.1) is 17.0 Å². The summed E-state index contributed by atoms with van der Waals surface area (Å²) < 4.78 is 47.3. The van der Waals surface area contributed by atoms with Gasteiger partial charge in [-0.15, -0.1) is 0 Å². The highest BCUT2D eigenvalue weighted by Crippen LogP contribution is 2.34. The Labute approximate surface area is 860 Å². The number of amides is 15. The number of nitro groups is 1. The Balaban J connectivity index is 0.000000395. The lowest BCUT2D eigenvalue weighted by Crippen LogP contribution is -2.45. The number of Topliss-reactive ketones (excluding diaryl/α,β-unsaturated/α-hetero) is 2. The van der Waals surface area contributed by atoms with Crippen molar-refractivity contribution in [1.82, 2.24) is 51.3 Å². The minimum absolute atomic E-state index is 0.000661. The van der Waals surface area contributed by atoms with Gasteiger partial charge in [-0.1, -0.05) is 71.7 Å². The molecule has 0 unspecified atom stereocenters. The lowest BCUT2D eigenvalue weighted by atomic mass is 9.78. The molecule has 2 aliphatic carbocycles. The Kier molecular flexibility index (Phi) is 54.6. The summed E-state index contributed by atoms with van der Waals surface area (Å²) in [6.07, 6.45) is 16.4. The number of nitrogens with one attached hydrogen (secondary N) is 9. The first-order valence-electron chi connectivity index (χ1n) is 50.0. The smallest absolute Gasteiger partial charge is 0.475 e. The number of non-ortho nitro benzene ring substituents is 1. The molecule has 9 rings (SSSR count). The number of carbonyl (C=O) groups is 17. The molecule has 2 aromatic heterocycles. The highest BCUT2D eigenvalue weighted by Gasteiger charge is 2.39. The Hall–Kier alpha value is -14.5. The number of primary amides is 2. The van der Waals surface area contributed by atoms with Crippen molar-refractivity contribution in [2.45, 2.75) is 273 Å². The maximum absolute atomic E-state index is 13.6. The third kappa shape index (κ3) is 47.4. The van der Waals surface area contributed by atoms with Gasteiger partial charge in [-0.2, -0.15) is 13.2 Å². The fourth-order valence-electron chi connectivity index (χ4n) is 16.7. The first-order valence-corrected chi connectivity index (χ1v) is 50.0. The Morgan fingerprint density at radius 1 is 0.493 bits per heavy atom. The van der Waals surface area contributed by atoms with Crippen molar-refractivity contribution in [1.29, 1.82) is 0 Å². The van der Waals surface area contributed by atoms with Gasteiger partial charge in [0.1, 0.15) is 19.0 Å². The summed E-state index contributed by atoms with van der Waals surface area (Å²) in [4.78, 5) is 230. The number of alkyl carbamates (subject to hydrolysis) is 1. The van der Waals surface area contributed by atoms with E-state index in [1.54, 1.807) is 99.3 Å². The Morgan fingerprint density at radius 2 is 0.858 bits per heavy atom. The number of ether oxygens (including phenoxy) is 3. The van der Waals surface area contributed by atoms with Gasteiger partial charge in [0.2, 0.25) is 35.4 Å². The number of urea groups is 2. The first kappa shape index (κ1) is 124. The molecular formula is C104H145F3N18O23. The number of carbonyl (C=O) groups excluding carboxylic acids is 16. The van der Waals surface area contributed by atoms with Gasteiger partial charge < -0.3 is 84.4 Å². The normalized spacial score (nSPS) is 16.4. The molecule has 6 atom stereocenters. The SMILES string of the molecule is CC(C)[C@H](NC(=O)CCCCCN1C(=O)C=CC1=O)C(=O)C[C@@H](CCCNC(N)=O)C(=O)Nc1ccc(COC(=O)N[C@H](C)C2CCC(C(=O)Nc3ccncc3)CC2)cc1.CC(C)[C@H](NC(=O)CCCCCN1C(=O)C=CC1=O)C(=O)C[C@@H](CCCNC(N)=O)C(=O)Nc1ccc(COC(=O)Oc2ccc([N+](=O)[O-])cc2)cc1.CCN(C(C)C)C(C)C.C[C@@H](N)C1CCC(C(=O)Nc2ccncc2)CC1.O=C(O)C(F)(F)F. The minimum Gasteiger partial charge on any atom is -0.475 e. The van der Waals surface area contributed by atoms with Gasteiger partial charge in [-0.05, 0) is 246 Å². The molecule has 0 spiro atoms. The van der Waals surface area contributed by atoms with E-state index >= 15 is 0 Å². The number of hydrogen-bond acceptors (Lipinski definition) is 26. The number of benzene rings is 3. The molecule has 0 saturated heterocycles. The summed E-state index contributed by atoms with van der Waals surface area (Å²) in [5, 5.41) is 42.9. The highest BCUT2D eigenvalue weighted by atomic mass is 19.4. The molecule has 3 aromatic carbocycles. The summed E-state index contributed by atoms with van der Waals surface area (Å²) in [6, 6.07) is 23.6. The number of pyridine rings is 2. The number of nitrogens with two attached hydrogens (primary N) is 3. The number of aromatic nitrogens is 2. The Bertz CT molecular complexity index is 5170. The molecule has 4 aliphatic rings. The van der Waals surface area contributed by atoms with E-state index in [-0.39, 0.29) is 190 Å². The maximum Gasteiger partial charge on any atom is 0.514 e. The Morgan fingerprint density at radius 3 is 1.19 bits per heavy atom. The number of rotatable bonds is 50. The van der Waals surface area contributed by atoms with Crippen LogP contribution in [0.15, 0.2) is 146 Å². The van der Waals surface area contributed by atoms with Gasteiger partial charge in [-0.3, -0.25) is 92.3 Å². The van der Waals surface area contributed by atoms with Crippen molar-refractivity contribution >= 4 is 129 Å². The molecule has 0 radical (unpaired) electrons. The molecule has 810 valence electrons. The zero-order chi connectivity index (χ0) is 110. The average molecular weight is 2070 g/mol. The fraction of sp³-hybridized carbons (Fsp3) is 0.529. The van der Waals surface area contributed by atoms with E-state index in [9.17, 15) is 100.0 Å². The van der Waals surface area contributed by atoms with E-state index in [2.05, 4.69) is 104 Å². The van der Waals surface area contributed by atoms with Crippen LogP contribution in [-0.4, -0.2) is 211 Å². The zero-order valence-electron chi connectivity index (χ0n) is 85.9. The second-order valence-electron chi connectivity index (χ2n) is 37.8. The number of alkyl halides is 3. The van der Waals surface area contributed by atoms with Crippen LogP contribution in [0.2, 0.25) is 0 Å². The van der Waals surface area contributed by atoms with Crippen molar-refractivity contribution in [3.05, 3.63) is 167 Å². The number of anilines is 4. The standard InChI is InChI=1S/C44H60N8O9.C36H44N6O11.C14H21N3O.C8H19N.C2HF3O2/c1-28(2)40(51-37(54)9-5-4-6-25-52-38(55)18-19-39(52)56)36(53)26-33(8-7-22-47-43(45)59)42(58)49-34-16-10-30(11-17-34)27-61-44(60)48-29(3)31-12-14-32(15-13-31)41(57)50-35-20-23-46-24-21-35;1-23(2)33(40-30(44)8-4-3-5-20-41-31(45)17-18-32(41)46)29(43)21-25(7-6-19-38-35(37)48)34(47)39-26-11-9-24(10-12-26)22-52-36(49)53-28-15-13-27(14-16-28)42(50)51;1-10(15)11-2-4-12(5-3-11)14(18)17-13-6-8-16-9-7-13;1-6-9(7(2)3)8(4)5;3-2(4,5)1(6)7/h10-11,16-21,23-24,28-29,31-33,40H,4-9,12-15,22,25-27H2,1-3H3,(H,48,60)(H,49,58)(H,51,54)(H3,45,47,59)(H,46,50,57);9-18,23,25,33H,3-8,19-22H2,1-2H3,(H,39,47)(H,40,44)(H3,37,38,48);6-12H,2-5,15H2,1H3,(H,16,17,18);7-8H,6H2,1-5H3;(H,6,7)/t29-,31?,32?,33-,40+;25-,33+;10-,11?,12?;;/m111../s1. The van der Waals surface area contributed by atoms with Gasteiger partial charge in [0.25, 0.3) is 29.3 Å². The van der Waals surface area contributed by atoms with Gasteiger partial charge in [0, 0.05) is 184 Å². The van der Waals surface area contributed by atoms with Crippen LogP contribution in [0.3, 0.4) is 0 Å². The number of hydrogen-bond donors (Lipinski definition) is 13. The third-order valence-electron chi connectivity index (χ3n) is 25.1. The fourth-order valence-corrected chi connectivity index (χ4v) is 16.7. The summed E-state index contributed by atoms with van der Waals surface area (Å²) in [5.74, 6) is -7.39. The summed E-state index contributed by atoms with van der Waals surface area (Å²) in [6.45, 7) is 24.3. The molecule has 16 N–H and O–H groups in total. The second-order valence-corrected chi connectivity index (χ2v) is 37.8. The molecule has 4 heterocycles. The number of unbranched alkanes of at least 4 members (excludes halogenated alkanes) is 4. The summed E-state index contributed by atoms with van der Waals surface area (Å²) in [7, 11) is 0. The molecular weight excluding hydrogens is 1930 g/mol. The topological polar surface area (TPSA) is 603 Å². The number of ketones is 2. The van der Waals surface area contributed by atoms with Crippen LogP contribution < -0.4 is 69.8 Å². The van der Waals surface area contributed by atoms with E-state index < -0.39 is 77.1 Å². The number of nitro benzene ring substituents is 1. The van der Waals surface area contributed by atoms with Crippen molar-refractivity contribution in [3.8, 4) is 5.75 Å². The van der Waals surface area contributed by atoms with Gasteiger partial charge in [0.15, 0.2) is 11.6 Å². The number of nitrogens with zero attached hydrogens (tertiary/aromatic N) is 6. The van der Waals surface area contributed by atoms with Crippen LogP contribution in [0, 0.1) is 57.5 Å². The first-order chi connectivity index (χ1) is 70.1. The molecule has 148 heavy (non-hydrogen) atoms. The van der Waals surface area contributed by atoms with Crippen molar-refractivity contribution in [3.63, 3.8) is 0 Å². The van der Waals surface area contributed by atoms with Crippen LogP contribution in [-0.2, 0) is 85.0 Å². The van der Waals surface area contributed by atoms with E-state index in [0.29, 0.717) is 91.9 Å². The molecule has 2 saturated carbocycles. The minimum atomic E-state index is -5.08. The predicted octanol–water partition coefficient (Wildman–Crippen LogP) is 13.6. The van der Waals surface area contributed by atoms with E-state index in [1.807, 2.05) is 32.9 Å². The quantitative estimate of drug-likeness (QED) is 0.00429. The van der Waals surface area contributed by atoms with Crippen LogP contribution in [0.25, 0.3) is 0 Å². The molecule has 41 nitrogen and oxygen atoms in total. The lowest BCUT2D eigenvalue weighted by Gasteiger charge is -2.31. The molecule has 2 aliphatic heterocycles. The van der Waals surface area contributed by atoms with Gasteiger partial charge in [-0.25, -0.2) is 24.0 Å². The predicted molar refractivity (Wildman–Crippen MR) is 546 cm³/mol. The third-order valence-corrected chi connectivity index (χ3v) is 25.1. The number of carboxylic acids is 1. The van der Waals surface area contributed by atoms with Crippen molar-refractivity contribution < 1.29 is 119 Å². The molecule has 0 bridgehead atoms. The lowest BCUT2D eigenvalue weighted by molar-refractivity contribution is -0.384. The summed E-state index contributed by atoms with van der Waals surface area (Å²) in [5.41, 5.74) is 19.8. The molecule has 44 heteroatoms. The van der Waals surface area contributed by atoms with E-state index in [4.69, 9.17) is 41.3 Å². The van der Waals surface area contributed by atoms with Gasteiger partial charge >= 0.3 is 36.5 Å². The van der Waals surface area contributed by atoms with Crippen molar-refractivity contribution in [2.75, 3.05) is 54.0 Å². The molecule has 2 fully saturated rings. The van der Waals surface area contributed by atoms with Crippen molar-refractivity contribution in [2.24, 2.45) is 64.5 Å². The van der Waals surface area contributed by atoms with E-state index in [0.717, 1.165) is 79.1 Å². The molecule has 5 aromatic rings.